The minimum atomic E-state index is 0.00613. The summed E-state index contributed by atoms with van der Waals surface area (Å²) in [4.78, 5) is 23.7. The Balaban J connectivity index is 1.04. The number of nitrogens with zero attached hydrogens (tertiary/aromatic N) is 5. The number of aromatic nitrogens is 2. The van der Waals surface area contributed by atoms with E-state index in [1.807, 2.05) is 34.1 Å². The summed E-state index contributed by atoms with van der Waals surface area (Å²) >= 11 is 0. The van der Waals surface area contributed by atoms with Crippen LogP contribution >= 0.6 is 0 Å². The Labute approximate surface area is 224 Å². The molecule has 38 heavy (non-hydrogen) atoms. The Hall–Kier alpha value is -3.85. The SMILES string of the molecule is C=CCOc1ccc(-c2noc(N3CCN(C(=O)NCC4CCN(Cc5ccc(C)cc5)C4)CC3)n2)cc1. The Morgan fingerprint density at radius 2 is 1.87 bits per heavy atom. The van der Waals surface area contributed by atoms with Crippen molar-refractivity contribution in [2.24, 2.45) is 5.92 Å². The zero-order chi connectivity index (χ0) is 26.3. The highest BCUT2D eigenvalue weighted by molar-refractivity contribution is 5.74. The molecule has 9 nitrogen and oxygen atoms in total. The van der Waals surface area contributed by atoms with Gasteiger partial charge in [0.2, 0.25) is 5.82 Å². The number of rotatable bonds is 9. The maximum absolute atomic E-state index is 12.8. The van der Waals surface area contributed by atoms with Crippen LogP contribution in [0.2, 0.25) is 0 Å². The van der Waals surface area contributed by atoms with Crippen LogP contribution in [-0.4, -0.2) is 78.4 Å². The van der Waals surface area contributed by atoms with Crippen molar-refractivity contribution in [3.8, 4) is 17.1 Å². The van der Waals surface area contributed by atoms with E-state index in [9.17, 15) is 4.79 Å². The number of carbonyl (C=O) groups excluding carboxylic acids is 1. The average Bonchev–Trinajstić information content (AvgIpc) is 3.62. The summed E-state index contributed by atoms with van der Waals surface area (Å²) in [7, 11) is 0. The molecule has 2 fully saturated rings. The van der Waals surface area contributed by atoms with E-state index in [0.717, 1.165) is 37.4 Å². The third kappa shape index (κ3) is 6.52. The zero-order valence-electron chi connectivity index (χ0n) is 22.0. The van der Waals surface area contributed by atoms with E-state index < -0.39 is 0 Å². The van der Waals surface area contributed by atoms with Crippen molar-refractivity contribution in [3.05, 3.63) is 72.3 Å². The Kier molecular flexibility index (Phi) is 8.23. The van der Waals surface area contributed by atoms with Gasteiger partial charge in [-0.2, -0.15) is 4.98 Å². The van der Waals surface area contributed by atoms with E-state index in [4.69, 9.17) is 9.26 Å². The molecule has 5 rings (SSSR count). The molecule has 0 saturated carbocycles. The predicted octanol–water partition coefficient (Wildman–Crippen LogP) is 3.96. The maximum Gasteiger partial charge on any atom is 0.324 e. The number of hydrogen-bond acceptors (Lipinski definition) is 7. The monoisotopic (exact) mass is 516 g/mol. The molecule has 1 atom stereocenters. The number of anilines is 1. The summed E-state index contributed by atoms with van der Waals surface area (Å²) in [6.45, 7) is 12.5. The van der Waals surface area contributed by atoms with Gasteiger partial charge in [-0.3, -0.25) is 4.90 Å². The molecule has 3 aromatic rings. The lowest BCUT2D eigenvalue weighted by Crippen LogP contribution is -2.52. The molecular weight excluding hydrogens is 480 g/mol. The van der Waals surface area contributed by atoms with Gasteiger partial charge in [0.25, 0.3) is 0 Å². The largest absolute Gasteiger partial charge is 0.490 e. The molecule has 0 bridgehead atoms. The quantitative estimate of drug-likeness (QED) is 0.431. The van der Waals surface area contributed by atoms with E-state index in [0.29, 0.717) is 57.1 Å². The smallest absolute Gasteiger partial charge is 0.324 e. The molecule has 0 radical (unpaired) electrons. The van der Waals surface area contributed by atoms with Crippen LogP contribution < -0.4 is 15.0 Å². The fourth-order valence-electron chi connectivity index (χ4n) is 4.94. The number of nitrogens with one attached hydrogen (secondary N) is 1. The molecule has 1 unspecified atom stereocenters. The fourth-order valence-corrected chi connectivity index (χ4v) is 4.94. The van der Waals surface area contributed by atoms with Crippen molar-refractivity contribution in [3.63, 3.8) is 0 Å². The summed E-state index contributed by atoms with van der Waals surface area (Å²) < 4.78 is 11.0. The van der Waals surface area contributed by atoms with Crippen molar-refractivity contribution in [2.45, 2.75) is 19.9 Å². The van der Waals surface area contributed by atoms with Crippen LogP contribution in [0.4, 0.5) is 10.8 Å². The molecule has 1 aromatic heterocycles. The molecule has 0 aliphatic carbocycles. The van der Waals surface area contributed by atoms with Gasteiger partial charge in [0.05, 0.1) is 0 Å². The second-order valence-corrected chi connectivity index (χ2v) is 10.1. The predicted molar refractivity (Wildman–Crippen MR) is 147 cm³/mol. The average molecular weight is 517 g/mol. The first-order valence-corrected chi connectivity index (χ1v) is 13.3. The Bertz CT molecular complexity index is 1200. The van der Waals surface area contributed by atoms with Crippen molar-refractivity contribution in [1.82, 2.24) is 25.3 Å². The number of carbonyl (C=O) groups is 1. The van der Waals surface area contributed by atoms with E-state index in [2.05, 4.69) is 58.1 Å². The van der Waals surface area contributed by atoms with Gasteiger partial charge in [-0.05, 0) is 55.6 Å². The minimum Gasteiger partial charge on any atom is -0.490 e. The van der Waals surface area contributed by atoms with Crippen LogP contribution in [0.1, 0.15) is 17.5 Å². The Morgan fingerprint density at radius 3 is 2.61 bits per heavy atom. The zero-order valence-corrected chi connectivity index (χ0v) is 22.0. The molecular formula is C29H36N6O3. The van der Waals surface area contributed by atoms with Gasteiger partial charge in [-0.15, -0.1) is 0 Å². The van der Waals surface area contributed by atoms with Gasteiger partial charge in [-0.25, -0.2) is 4.79 Å². The molecule has 2 aliphatic rings. The first-order chi connectivity index (χ1) is 18.6. The molecule has 0 spiro atoms. The van der Waals surface area contributed by atoms with Gasteiger partial charge in [0.15, 0.2) is 0 Å². The topological polar surface area (TPSA) is 87.0 Å². The second kappa shape index (κ2) is 12.1. The number of piperazine rings is 1. The normalized spacial score (nSPS) is 18.0. The molecule has 2 aromatic carbocycles. The Morgan fingerprint density at radius 1 is 1.11 bits per heavy atom. The van der Waals surface area contributed by atoms with Gasteiger partial charge in [-0.1, -0.05) is 47.6 Å². The van der Waals surface area contributed by atoms with E-state index in [1.54, 1.807) is 6.08 Å². The van der Waals surface area contributed by atoms with Crippen LogP contribution in [0.25, 0.3) is 11.4 Å². The van der Waals surface area contributed by atoms with E-state index >= 15 is 0 Å². The highest BCUT2D eigenvalue weighted by Gasteiger charge is 2.27. The van der Waals surface area contributed by atoms with E-state index in [-0.39, 0.29) is 6.03 Å². The fraction of sp³-hybridized carbons (Fsp3) is 0.414. The first kappa shape index (κ1) is 25.8. The molecule has 9 heteroatoms. The second-order valence-electron chi connectivity index (χ2n) is 10.1. The molecule has 2 amide bonds. The lowest BCUT2D eigenvalue weighted by Gasteiger charge is -2.33. The summed E-state index contributed by atoms with van der Waals surface area (Å²) in [6, 6.07) is 16.8. The maximum atomic E-state index is 12.8. The standard InChI is InChI=1S/C29H36N6O3/c1-3-18-37-26-10-8-25(9-11-26)27-31-29(38-32-27)35-16-14-34(15-17-35)28(36)30-19-24-12-13-33(21-24)20-23-6-4-22(2)5-7-23/h3-11,24H,1,12-21H2,2H3,(H,30,36). The molecule has 2 aliphatic heterocycles. The highest BCUT2D eigenvalue weighted by Crippen LogP contribution is 2.23. The number of urea groups is 1. The number of ether oxygens (including phenoxy) is 1. The van der Waals surface area contributed by atoms with Crippen molar-refractivity contribution in [1.29, 1.82) is 0 Å². The summed E-state index contributed by atoms with van der Waals surface area (Å²) in [5.74, 6) is 1.79. The highest BCUT2D eigenvalue weighted by atomic mass is 16.5. The van der Waals surface area contributed by atoms with Crippen LogP contribution in [0, 0.1) is 12.8 Å². The number of aryl methyl sites for hydroxylation is 1. The lowest BCUT2D eigenvalue weighted by molar-refractivity contribution is 0.191. The molecule has 3 heterocycles. The van der Waals surface area contributed by atoms with Crippen molar-refractivity contribution >= 4 is 12.0 Å². The summed E-state index contributed by atoms with van der Waals surface area (Å²) in [6.07, 6.45) is 2.82. The number of likely N-dealkylation sites (tertiary alicyclic amines) is 1. The van der Waals surface area contributed by atoms with Crippen LogP contribution in [0.3, 0.4) is 0 Å². The van der Waals surface area contributed by atoms with Crippen molar-refractivity contribution < 1.29 is 14.1 Å². The third-order valence-electron chi connectivity index (χ3n) is 7.17. The van der Waals surface area contributed by atoms with Gasteiger partial charge < -0.3 is 24.4 Å². The molecule has 2 saturated heterocycles. The van der Waals surface area contributed by atoms with Gasteiger partial charge in [0.1, 0.15) is 12.4 Å². The number of hydrogen-bond donors (Lipinski definition) is 1. The van der Waals surface area contributed by atoms with Gasteiger partial charge in [0, 0.05) is 51.4 Å². The third-order valence-corrected chi connectivity index (χ3v) is 7.17. The summed E-state index contributed by atoms with van der Waals surface area (Å²) in [5, 5.41) is 7.29. The van der Waals surface area contributed by atoms with Crippen LogP contribution in [-0.2, 0) is 6.54 Å². The van der Waals surface area contributed by atoms with Crippen molar-refractivity contribution in [2.75, 3.05) is 57.3 Å². The number of benzene rings is 2. The van der Waals surface area contributed by atoms with Crippen LogP contribution in [0.5, 0.6) is 5.75 Å². The summed E-state index contributed by atoms with van der Waals surface area (Å²) in [5.41, 5.74) is 3.49. The lowest BCUT2D eigenvalue weighted by atomic mass is 10.1. The molecule has 200 valence electrons. The molecule has 1 N–H and O–H groups in total. The first-order valence-electron chi connectivity index (χ1n) is 13.3. The minimum absolute atomic E-state index is 0.00613. The van der Waals surface area contributed by atoms with Gasteiger partial charge >= 0.3 is 12.0 Å². The van der Waals surface area contributed by atoms with Crippen LogP contribution in [0.15, 0.2) is 65.7 Å². The number of amides is 2. The van der Waals surface area contributed by atoms with E-state index in [1.165, 1.54) is 11.1 Å².